The van der Waals surface area contributed by atoms with Crippen molar-refractivity contribution < 1.29 is 4.79 Å². The molecule has 0 unspecified atom stereocenters. The van der Waals surface area contributed by atoms with Gasteiger partial charge in [0.1, 0.15) is 5.56 Å². The Labute approximate surface area is 201 Å². The zero-order valence-electron chi connectivity index (χ0n) is 19.8. The average molecular weight is 466 g/mol. The first kappa shape index (κ1) is 22.1. The Morgan fingerprint density at radius 2 is 2.00 bits per heavy atom. The van der Waals surface area contributed by atoms with Crippen molar-refractivity contribution in [3.8, 4) is 11.8 Å². The summed E-state index contributed by atoms with van der Waals surface area (Å²) in [5.74, 6) is 5.87. The summed E-state index contributed by atoms with van der Waals surface area (Å²) >= 11 is 0. The summed E-state index contributed by atoms with van der Waals surface area (Å²) < 4.78 is 4.82. The molecule has 1 N–H and O–H groups in total. The molecular weight excluding hydrogens is 442 g/mol. The molecule has 9 heteroatoms. The molecule has 35 heavy (non-hydrogen) atoms. The molecule has 9 nitrogen and oxygen atoms in total. The van der Waals surface area contributed by atoms with Crippen LogP contribution < -0.4 is 10.9 Å². The summed E-state index contributed by atoms with van der Waals surface area (Å²) in [6, 6.07) is 8.81. The average Bonchev–Trinajstić information content (AvgIpc) is 3.41. The molecule has 5 rings (SSSR count). The van der Waals surface area contributed by atoms with E-state index in [2.05, 4.69) is 32.3 Å². The lowest BCUT2D eigenvalue weighted by Crippen LogP contribution is -2.32. The van der Waals surface area contributed by atoms with Crippen molar-refractivity contribution in [2.24, 2.45) is 14.1 Å². The maximum atomic E-state index is 13.4. The van der Waals surface area contributed by atoms with Crippen LogP contribution in [0.5, 0.6) is 0 Å². The van der Waals surface area contributed by atoms with E-state index in [4.69, 9.17) is 0 Å². The largest absolute Gasteiger partial charge is 0.344 e. The van der Waals surface area contributed by atoms with Gasteiger partial charge >= 0.3 is 0 Å². The maximum Gasteiger partial charge on any atom is 0.259 e. The fraction of sp³-hybridized carbons (Fsp3) is 0.192. The van der Waals surface area contributed by atoms with Gasteiger partial charge in [-0.2, -0.15) is 10.2 Å². The summed E-state index contributed by atoms with van der Waals surface area (Å²) in [5.41, 5.74) is 3.39. The van der Waals surface area contributed by atoms with Crippen LogP contribution in [0.15, 0.2) is 59.9 Å². The minimum atomic E-state index is -0.437. The Hall–Kier alpha value is -4.71. The molecule has 0 spiro atoms. The van der Waals surface area contributed by atoms with E-state index in [-0.39, 0.29) is 11.5 Å². The predicted molar refractivity (Wildman–Crippen MR) is 132 cm³/mol. The first-order valence-corrected chi connectivity index (χ1v) is 11.1. The third kappa shape index (κ3) is 3.95. The third-order valence-corrected chi connectivity index (χ3v) is 5.94. The van der Waals surface area contributed by atoms with Gasteiger partial charge in [0.25, 0.3) is 11.5 Å². The van der Waals surface area contributed by atoms with E-state index in [1.54, 1.807) is 52.4 Å². The van der Waals surface area contributed by atoms with Crippen LogP contribution in [0.1, 0.15) is 45.8 Å². The zero-order chi connectivity index (χ0) is 24.7. The normalized spacial score (nSPS) is 11.9. The second-order valence-corrected chi connectivity index (χ2v) is 8.40. The molecule has 0 radical (unpaired) electrons. The number of carbonyl (C=O) groups excluding carboxylic acids is 1. The Morgan fingerprint density at radius 1 is 1.17 bits per heavy atom. The molecule has 4 heterocycles. The van der Waals surface area contributed by atoms with E-state index >= 15 is 0 Å². The summed E-state index contributed by atoms with van der Waals surface area (Å²) in [6.45, 7) is 3.62. The highest BCUT2D eigenvalue weighted by Gasteiger charge is 2.22. The van der Waals surface area contributed by atoms with Crippen LogP contribution in [0.4, 0.5) is 0 Å². The SMILES string of the molecule is Cc1nn2cccnc2c1C(=O)N[C@H](C)c1cc2cccc(C#Cc3cnn(C)c3)c2c(=O)n1C. The first-order valence-electron chi connectivity index (χ1n) is 11.1. The fourth-order valence-electron chi connectivity index (χ4n) is 4.22. The van der Waals surface area contributed by atoms with Gasteiger partial charge in [0.15, 0.2) is 5.65 Å². The molecule has 0 saturated heterocycles. The minimum absolute atomic E-state index is 0.177. The fourth-order valence-corrected chi connectivity index (χ4v) is 4.22. The van der Waals surface area contributed by atoms with E-state index in [1.807, 2.05) is 44.4 Å². The minimum Gasteiger partial charge on any atom is -0.344 e. The number of pyridine rings is 1. The molecule has 0 aliphatic rings. The van der Waals surface area contributed by atoms with Crippen molar-refractivity contribution in [3.05, 3.63) is 93.6 Å². The van der Waals surface area contributed by atoms with Gasteiger partial charge in [-0.05, 0) is 37.4 Å². The topological polar surface area (TPSA) is 99.1 Å². The van der Waals surface area contributed by atoms with E-state index < -0.39 is 6.04 Å². The van der Waals surface area contributed by atoms with Crippen LogP contribution in [-0.4, -0.2) is 34.9 Å². The Balaban J connectivity index is 1.51. The highest BCUT2D eigenvalue weighted by atomic mass is 16.2. The van der Waals surface area contributed by atoms with Gasteiger partial charge in [-0.15, -0.1) is 0 Å². The first-order chi connectivity index (χ1) is 16.8. The molecule has 0 saturated carbocycles. The van der Waals surface area contributed by atoms with E-state index in [9.17, 15) is 9.59 Å². The monoisotopic (exact) mass is 465 g/mol. The lowest BCUT2D eigenvalue weighted by molar-refractivity contribution is 0.0939. The molecule has 174 valence electrons. The summed E-state index contributed by atoms with van der Waals surface area (Å²) in [7, 11) is 3.53. The second kappa shape index (κ2) is 8.57. The number of benzene rings is 1. The number of nitrogens with one attached hydrogen (secondary N) is 1. The number of amides is 1. The number of hydrogen-bond acceptors (Lipinski definition) is 5. The molecule has 1 atom stereocenters. The summed E-state index contributed by atoms with van der Waals surface area (Å²) in [6.07, 6.45) is 6.87. The number of rotatable bonds is 3. The van der Waals surface area contributed by atoms with Crippen LogP contribution in [0, 0.1) is 18.8 Å². The van der Waals surface area contributed by atoms with Gasteiger partial charge < -0.3 is 9.88 Å². The number of aromatic nitrogens is 6. The Morgan fingerprint density at radius 3 is 2.77 bits per heavy atom. The Bertz CT molecular complexity index is 1730. The van der Waals surface area contributed by atoms with Crippen molar-refractivity contribution in [2.75, 3.05) is 0 Å². The molecular formula is C26H23N7O2. The van der Waals surface area contributed by atoms with Crippen molar-refractivity contribution in [1.29, 1.82) is 0 Å². The quantitative estimate of drug-likeness (QED) is 0.413. The molecule has 0 aliphatic carbocycles. The van der Waals surface area contributed by atoms with Crippen LogP contribution in [0.3, 0.4) is 0 Å². The van der Waals surface area contributed by atoms with Crippen LogP contribution in [-0.2, 0) is 14.1 Å². The van der Waals surface area contributed by atoms with Gasteiger partial charge in [-0.1, -0.05) is 24.0 Å². The standard InChI is InChI=1S/C26H23N7O2/c1-16(29-25(34)22-17(2)30-33-12-6-11-27-24(22)33)21-13-20-8-5-7-19(23(20)26(35)32(21)4)10-9-18-14-28-31(3)15-18/h5-8,11-16H,1-4H3,(H,29,34)/t16-/m1/s1. The van der Waals surface area contributed by atoms with Crippen LogP contribution >= 0.6 is 0 Å². The highest BCUT2D eigenvalue weighted by Crippen LogP contribution is 2.21. The number of fused-ring (bicyclic) bond motifs is 2. The van der Waals surface area contributed by atoms with E-state index in [0.717, 1.165) is 10.9 Å². The predicted octanol–water partition coefficient (Wildman–Crippen LogP) is 2.51. The smallest absolute Gasteiger partial charge is 0.259 e. The molecule has 5 aromatic rings. The molecule has 4 aromatic heterocycles. The number of hydrogen-bond donors (Lipinski definition) is 1. The molecule has 0 aliphatic heterocycles. The zero-order valence-corrected chi connectivity index (χ0v) is 19.8. The van der Waals surface area contributed by atoms with Gasteiger partial charge in [0.05, 0.1) is 28.9 Å². The Kier molecular flexibility index (Phi) is 5.41. The van der Waals surface area contributed by atoms with Gasteiger partial charge in [-0.3, -0.25) is 14.3 Å². The summed E-state index contributed by atoms with van der Waals surface area (Å²) in [5, 5.41) is 12.8. The second-order valence-electron chi connectivity index (χ2n) is 8.40. The van der Waals surface area contributed by atoms with Crippen molar-refractivity contribution in [2.45, 2.75) is 19.9 Å². The van der Waals surface area contributed by atoms with Crippen molar-refractivity contribution in [3.63, 3.8) is 0 Å². The lowest BCUT2D eigenvalue weighted by Gasteiger charge is -2.18. The van der Waals surface area contributed by atoms with E-state index in [1.165, 1.54) is 0 Å². The molecule has 1 aromatic carbocycles. The number of carbonyl (C=O) groups is 1. The third-order valence-electron chi connectivity index (χ3n) is 5.94. The maximum absolute atomic E-state index is 13.4. The molecule has 0 fully saturated rings. The molecule has 0 bridgehead atoms. The van der Waals surface area contributed by atoms with E-state index in [0.29, 0.717) is 33.5 Å². The van der Waals surface area contributed by atoms with Gasteiger partial charge in [-0.25, -0.2) is 9.50 Å². The van der Waals surface area contributed by atoms with Crippen molar-refractivity contribution >= 4 is 22.3 Å². The van der Waals surface area contributed by atoms with Gasteiger partial charge in [0, 0.05) is 43.9 Å². The van der Waals surface area contributed by atoms with Crippen molar-refractivity contribution in [1.82, 2.24) is 34.3 Å². The molecule has 1 amide bonds. The van der Waals surface area contributed by atoms with Crippen LogP contribution in [0.25, 0.3) is 16.4 Å². The van der Waals surface area contributed by atoms with Crippen LogP contribution in [0.2, 0.25) is 0 Å². The number of nitrogens with zero attached hydrogens (tertiary/aromatic N) is 6. The highest BCUT2D eigenvalue weighted by molar-refractivity contribution is 6.01. The summed E-state index contributed by atoms with van der Waals surface area (Å²) in [4.78, 5) is 30.8. The lowest BCUT2D eigenvalue weighted by atomic mass is 10.0. The number of aryl methyl sites for hydroxylation is 2. The van der Waals surface area contributed by atoms with Gasteiger partial charge in [0.2, 0.25) is 0 Å².